The molecule has 3 rings (SSSR count). The number of hydrogen-bond acceptors (Lipinski definition) is 6. The number of carbonyl (C=O) groups is 1. The molecule has 2 aromatic heterocycles. The number of nitrogens with one attached hydrogen (secondary N) is 1. The molecule has 1 N–H and O–H groups in total. The van der Waals surface area contributed by atoms with E-state index in [1.54, 1.807) is 6.07 Å². The third-order valence-corrected chi connectivity index (χ3v) is 3.61. The van der Waals surface area contributed by atoms with Crippen molar-refractivity contribution in [3.63, 3.8) is 0 Å². The van der Waals surface area contributed by atoms with Gasteiger partial charge >= 0.3 is 5.63 Å². The number of amides is 1. The number of carbonyl (C=O) groups excluding carboxylic acids is 1. The fourth-order valence-electron chi connectivity index (χ4n) is 2.38. The van der Waals surface area contributed by atoms with Gasteiger partial charge in [-0.3, -0.25) is 4.79 Å². The summed E-state index contributed by atoms with van der Waals surface area (Å²) in [5, 5.41) is 6.94. The number of rotatable bonds is 6. The van der Waals surface area contributed by atoms with Crippen LogP contribution in [-0.2, 0) is 17.8 Å². The van der Waals surface area contributed by atoms with Gasteiger partial charge in [0.1, 0.15) is 17.2 Å². The predicted octanol–water partition coefficient (Wildman–Crippen LogP) is 2.18. The average molecular weight is 346 g/mol. The zero-order chi connectivity index (χ0) is 17.8. The van der Waals surface area contributed by atoms with Crippen LogP contribution in [0.4, 0.5) is 4.39 Å². The second-order valence-corrected chi connectivity index (χ2v) is 5.34. The molecular formula is C17H15FN2O5. The van der Waals surface area contributed by atoms with Crippen molar-refractivity contribution in [2.24, 2.45) is 0 Å². The topological polar surface area (TPSA) is 94.6 Å². The van der Waals surface area contributed by atoms with Crippen molar-refractivity contribution in [2.45, 2.75) is 19.4 Å². The molecule has 0 spiro atoms. The van der Waals surface area contributed by atoms with Crippen LogP contribution in [-0.4, -0.2) is 18.2 Å². The first-order valence-electron chi connectivity index (χ1n) is 7.54. The molecule has 0 bridgehead atoms. The van der Waals surface area contributed by atoms with E-state index < -0.39 is 11.4 Å². The predicted molar refractivity (Wildman–Crippen MR) is 85.7 cm³/mol. The van der Waals surface area contributed by atoms with Gasteiger partial charge in [-0.05, 0) is 22.9 Å². The molecule has 0 saturated heterocycles. The Bertz CT molecular complexity index is 963. The highest BCUT2D eigenvalue weighted by atomic mass is 19.1. The molecule has 0 unspecified atom stereocenters. The van der Waals surface area contributed by atoms with Crippen LogP contribution in [0, 0.1) is 5.82 Å². The normalized spacial score (nSPS) is 10.8. The number of aromatic nitrogens is 1. The molecule has 0 aliphatic rings. The molecule has 0 fully saturated rings. The van der Waals surface area contributed by atoms with Crippen molar-refractivity contribution >= 4 is 16.9 Å². The summed E-state index contributed by atoms with van der Waals surface area (Å²) < 4.78 is 28.1. The number of ether oxygens (including phenoxy) is 1. The first-order valence-corrected chi connectivity index (χ1v) is 7.54. The van der Waals surface area contributed by atoms with Gasteiger partial charge in [-0.1, -0.05) is 0 Å². The molecule has 0 atom stereocenters. The van der Waals surface area contributed by atoms with Crippen LogP contribution in [0.2, 0.25) is 0 Å². The Morgan fingerprint density at radius 3 is 2.92 bits per heavy atom. The molecule has 2 heterocycles. The minimum atomic E-state index is -0.601. The van der Waals surface area contributed by atoms with Gasteiger partial charge in [0.2, 0.25) is 5.91 Å². The second-order valence-electron chi connectivity index (χ2n) is 5.34. The number of benzene rings is 1. The Balaban J connectivity index is 1.64. The Morgan fingerprint density at radius 1 is 1.32 bits per heavy atom. The Kier molecular flexibility index (Phi) is 4.78. The molecule has 0 aliphatic carbocycles. The Labute approximate surface area is 141 Å². The van der Waals surface area contributed by atoms with E-state index in [9.17, 15) is 14.0 Å². The number of aryl methyl sites for hydroxylation is 1. The summed E-state index contributed by atoms with van der Waals surface area (Å²) in [6.45, 7) is 0.131. The van der Waals surface area contributed by atoms with Gasteiger partial charge in [0.05, 0.1) is 7.11 Å². The lowest BCUT2D eigenvalue weighted by Crippen LogP contribution is -2.23. The lowest BCUT2D eigenvalue weighted by atomic mass is 10.1. The number of halogens is 1. The zero-order valence-electron chi connectivity index (χ0n) is 13.4. The SMILES string of the molecule is COc1cc(CCC(=O)NCc2cc(=O)oc3cc(F)ccc23)on1. The fraction of sp³-hybridized carbons (Fsp3) is 0.235. The minimum absolute atomic E-state index is 0.131. The van der Waals surface area contributed by atoms with Crippen molar-refractivity contribution in [1.82, 2.24) is 10.5 Å². The van der Waals surface area contributed by atoms with Crippen molar-refractivity contribution < 1.29 is 22.9 Å². The average Bonchev–Trinajstić information content (AvgIpc) is 3.05. The molecule has 8 heteroatoms. The highest BCUT2D eigenvalue weighted by molar-refractivity contribution is 5.81. The highest BCUT2D eigenvalue weighted by Crippen LogP contribution is 2.18. The maximum absolute atomic E-state index is 13.2. The lowest BCUT2D eigenvalue weighted by molar-refractivity contribution is -0.121. The van der Waals surface area contributed by atoms with Gasteiger partial charge < -0.3 is 19.0 Å². The van der Waals surface area contributed by atoms with Gasteiger partial charge in [0.25, 0.3) is 5.88 Å². The standard InChI is InChI=1S/C17H15FN2O5/c1-23-16-8-12(25-20-16)3-5-15(21)19-9-10-6-17(22)24-14-7-11(18)2-4-13(10)14/h2,4,6-8H,3,5,9H2,1H3,(H,19,21). The van der Waals surface area contributed by atoms with E-state index in [4.69, 9.17) is 13.7 Å². The first-order chi connectivity index (χ1) is 12.0. The highest BCUT2D eigenvalue weighted by Gasteiger charge is 2.10. The van der Waals surface area contributed by atoms with E-state index in [1.807, 2.05) is 0 Å². The summed E-state index contributed by atoms with van der Waals surface area (Å²) >= 11 is 0. The molecule has 0 aliphatic heterocycles. The van der Waals surface area contributed by atoms with Crippen LogP contribution in [0.5, 0.6) is 5.88 Å². The van der Waals surface area contributed by atoms with Crippen LogP contribution >= 0.6 is 0 Å². The maximum atomic E-state index is 13.2. The molecule has 130 valence electrons. The van der Waals surface area contributed by atoms with Crippen molar-refractivity contribution in [1.29, 1.82) is 0 Å². The smallest absolute Gasteiger partial charge is 0.336 e. The van der Waals surface area contributed by atoms with Crippen LogP contribution in [0.3, 0.4) is 0 Å². The van der Waals surface area contributed by atoms with Crippen LogP contribution in [0.1, 0.15) is 17.7 Å². The van der Waals surface area contributed by atoms with Crippen molar-refractivity contribution in [3.8, 4) is 5.88 Å². The second kappa shape index (κ2) is 7.16. The monoisotopic (exact) mass is 346 g/mol. The minimum Gasteiger partial charge on any atom is -0.479 e. The van der Waals surface area contributed by atoms with Gasteiger partial charge in [-0.2, -0.15) is 0 Å². The number of hydrogen-bond donors (Lipinski definition) is 1. The van der Waals surface area contributed by atoms with Crippen molar-refractivity contribution in [2.75, 3.05) is 7.11 Å². The number of fused-ring (bicyclic) bond motifs is 1. The summed E-state index contributed by atoms with van der Waals surface area (Å²) in [7, 11) is 1.47. The third kappa shape index (κ3) is 4.03. The molecule has 0 saturated carbocycles. The van der Waals surface area contributed by atoms with Crippen LogP contribution in [0.25, 0.3) is 11.0 Å². The Hall–Kier alpha value is -3.16. The van der Waals surface area contributed by atoms with Crippen LogP contribution < -0.4 is 15.7 Å². The third-order valence-electron chi connectivity index (χ3n) is 3.61. The molecule has 7 nitrogen and oxygen atoms in total. The molecule has 3 aromatic rings. The maximum Gasteiger partial charge on any atom is 0.336 e. The number of methoxy groups -OCH3 is 1. The van der Waals surface area contributed by atoms with Gasteiger partial charge in [-0.15, -0.1) is 0 Å². The van der Waals surface area contributed by atoms with Gasteiger partial charge in [-0.25, -0.2) is 9.18 Å². The molecule has 1 aromatic carbocycles. The van der Waals surface area contributed by atoms with Gasteiger partial charge in [0, 0.05) is 43.0 Å². The Morgan fingerprint density at radius 2 is 2.16 bits per heavy atom. The number of nitrogens with zero attached hydrogens (tertiary/aromatic N) is 1. The first kappa shape index (κ1) is 16.7. The lowest BCUT2D eigenvalue weighted by Gasteiger charge is -2.07. The summed E-state index contributed by atoms with van der Waals surface area (Å²) in [6.07, 6.45) is 0.553. The van der Waals surface area contributed by atoms with E-state index in [-0.39, 0.29) is 24.5 Å². The van der Waals surface area contributed by atoms with Gasteiger partial charge in [0.15, 0.2) is 0 Å². The zero-order valence-corrected chi connectivity index (χ0v) is 13.4. The van der Waals surface area contributed by atoms with E-state index >= 15 is 0 Å². The molecule has 25 heavy (non-hydrogen) atoms. The summed E-state index contributed by atoms with van der Waals surface area (Å²) in [6, 6.07) is 6.81. The summed E-state index contributed by atoms with van der Waals surface area (Å²) in [4.78, 5) is 23.5. The van der Waals surface area contributed by atoms with Crippen LogP contribution in [0.15, 0.2) is 44.1 Å². The van der Waals surface area contributed by atoms with Crippen molar-refractivity contribution in [3.05, 3.63) is 57.9 Å². The molecule has 1 amide bonds. The quantitative estimate of drug-likeness (QED) is 0.688. The van der Waals surface area contributed by atoms with E-state index in [0.717, 1.165) is 6.07 Å². The molecular weight excluding hydrogens is 331 g/mol. The van der Waals surface area contributed by atoms with E-state index in [2.05, 4.69) is 10.5 Å². The fourth-order valence-corrected chi connectivity index (χ4v) is 2.38. The summed E-state index contributed by atoms with van der Waals surface area (Å²) in [5.41, 5.74) is 0.0996. The van der Waals surface area contributed by atoms with E-state index in [0.29, 0.717) is 29.0 Å². The largest absolute Gasteiger partial charge is 0.479 e. The van der Waals surface area contributed by atoms with E-state index in [1.165, 1.54) is 25.3 Å². The summed E-state index contributed by atoms with van der Waals surface area (Å²) in [5.74, 6) is 0.164. The molecule has 0 radical (unpaired) electrons.